The lowest BCUT2D eigenvalue weighted by molar-refractivity contribution is -0.141. The molecule has 2 amide bonds. The first-order valence-electron chi connectivity index (χ1n) is 9.42. The van der Waals surface area contributed by atoms with Crippen LogP contribution in [-0.2, 0) is 6.18 Å². The Hall–Kier alpha value is -4.02. The number of amides is 2. The van der Waals surface area contributed by atoms with Crippen LogP contribution in [0.25, 0.3) is 0 Å². The molecule has 3 heterocycles. The first-order chi connectivity index (χ1) is 15.0. The maximum Gasteiger partial charge on any atom is 0.433 e. The number of aromatic nitrogens is 3. The Morgan fingerprint density at radius 2 is 1.88 bits per heavy atom. The number of aryl methyl sites for hydroxylation is 1. The molecule has 0 saturated heterocycles. The molecule has 0 bridgehead atoms. The quantitative estimate of drug-likeness (QED) is 0.442. The third-order valence-corrected chi connectivity index (χ3v) is 4.56. The number of urea groups is 1. The molecule has 0 aliphatic carbocycles. The Balaban J connectivity index is 1.65. The van der Waals surface area contributed by atoms with Crippen molar-refractivity contribution in [3.05, 3.63) is 77.0 Å². The van der Waals surface area contributed by atoms with E-state index in [2.05, 4.69) is 25.6 Å². The average Bonchev–Trinajstić information content (AvgIpc) is 2.73. The van der Waals surface area contributed by atoms with E-state index < -0.39 is 23.9 Å². The molecule has 0 radical (unpaired) electrons. The smallest absolute Gasteiger partial charge is 0.398 e. The largest absolute Gasteiger partial charge is 0.433 e. The van der Waals surface area contributed by atoms with Gasteiger partial charge in [-0.15, -0.1) is 0 Å². The predicted octanol–water partition coefficient (Wildman–Crippen LogP) is 4.08. The summed E-state index contributed by atoms with van der Waals surface area (Å²) in [6.45, 7) is 3.42. The van der Waals surface area contributed by atoms with Crippen molar-refractivity contribution in [1.29, 1.82) is 5.41 Å². The Morgan fingerprint density at radius 3 is 2.47 bits per heavy atom. The van der Waals surface area contributed by atoms with Crippen LogP contribution in [0.3, 0.4) is 0 Å². The summed E-state index contributed by atoms with van der Waals surface area (Å²) in [5, 5.41) is 13.4. The third kappa shape index (κ3) is 5.36. The van der Waals surface area contributed by atoms with Crippen molar-refractivity contribution in [2.75, 3.05) is 11.1 Å². The number of nitrogens with one attached hydrogen (secondary N) is 3. The molecule has 3 aromatic heterocycles. The Labute approximate surface area is 181 Å². The van der Waals surface area contributed by atoms with E-state index in [1.54, 1.807) is 25.3 Å². The number of nitrogen functional groups attached to an aromatic ring is 1. The molecule has 32 heavy (non-hydrogen) atoms. The van der Waals surface area contributed by atoms with Crippen LogP contribution in [-0.4, -0.2) is 26.7 Å². The van der Waals surface area contributed by atoms with Gasteiger partial charge in [0.25, 0.3) is 0 Å². The predicted molar refractivity (Wildman–Crippen MR) is 113 cm³/mol. The molecule has 3 rings (SSSR count). The molecule has 0 aliphatic rings. The van der Waals surface area contributed by atoms with E-state index in [1.165, 1.54) is 18.3 Å². The number of alkyl halides is 3. The van der Waals surface area contributed by atoms with Gasteiger partial charge >= 0.3 is 12.2 Å². The molecule has 5 N–H and O–H groups in total. The minimum absolute atomic E-state index is 0.153. The van der Waals surface area contributed by atoms with Crippen molar-refractivity contribution in [2.45, 2.75) is 26.1 Å². The zero-order valence-corrected chi connectivity index (χ0v) is 17.2. The molecule has 0 saturated carbocycles. The Kier molecular flexibility index (Phi) is 6.37. The number of halogens is 3. The highest BCUT2D eigenvalue weighted by Crippen LogP contribution is 2.28. The van der Waals surface area contributed by atoms with E-state index in [0.29, 0.717) is 16.7 Å². The third-order valence-electron chi connectivity index (χ3n) is 4.56. The summed E-state index contributed by atoms with van der Waals surface area (Å²) in [4.78, 5) is 23.9. The van der Waals surface area contributed by atoms with Crippen LogP contribution in [0.1, 0.15) is 41.0 Å². The molecular weight excluding hydrogens is 423 g/mol. The minimum atomic E-state index is -4.53. The van der Waals surface area contributed by atoms with Crippen LogP contribution in [0.5, 0.6) is 0 Å². The molecule has 166 valence electrons. The highest BCUT2D eigenvalue weighted by atomic mass is 19.4. The van der Waals surface area contributed by atoms with Crippen molar-refractivity contribution < 1.29 is 18.0 Å². The first-order valence-corrected chi connectivity index (χ1v) is 9.42. The second-order valence-corrected chi connectivity index (χ2v) is 7.01. The minimum Gasteiger partial charge on any atom is -0.398 e. The van der Waals surface area contributed by atoms with Gasteiger partial charge < -0.3 is 11.1 Å². The van der Waals surface area contributed by atoms with Crippen molar-refractivity contribution in [1.82, 2.24) is 20.3 Å². The summed E-state index contributed by atoms with van der Waals surface area (Å²) in [7, 11) is 0. The highest BCUT2D eigenvalue weighted by molar-refractivity contribution is 6.13. The molecule has 0 unspecified atom stereocenters. The zero-order chi connectivity index (χ0) is 23.5. The zero-order valence-electron chi connectivity index (χ0n) is 17.2. The van der Waals surface area contributed by atoms with Gasteiger partial charge in [-0.2, -0.15) is 13.2 Å². The second-order valence-electron chi connectivity index (χ2n) is 7.01. The fraction of sp³-hybridized carbons (Fsp3) is 0.190. The van der Waals surface area contributed by atoms with Crippen LogP contribution in [0.4, 0.5) is 29.5 Å². The molecule has 0 aliphatic heterocycles. The van der Waals surface area contributed by atoms with Crippen molar-refractivity contribution in [3.8, 4) is 0 Å². The molecule has 0 spiro atoms. The van der Waals surface area contributed by atoms with Gasteiger partial charge in [-0.05, 0) is 37.6 Å². The van der Waals surface area contributed by atoms with E-state index in [4.69, 9.17) is 11.1 Å². The van der Waals surface area contributed by atoms with Crippen LogP contribution in [0.15, 0.2) is 48.9 Å². The maximum atomic E-state index is 12.6. The summed E-state index contributed by atoms with van der Waals surface area (Å²) >= 11 is 0. The van der Waals surface area contributed by atoms with Gasteiger partial charge in [-0.3, -0.25) is 20.7 Å². The van der Waals surface area contributed by atoms with E-state index in [-0.39, 0.29) is 17.2 Å². The summed E-state index contributed by atoms with van der Waals surface area (Å²) in [5.74, 6) is 0.153. The lowest BCUT2D eigenvalue weighted by Crippen LogP contribution is -2.31. The van der Waals surface area contributed by atoms with E-state index in [9.17, 15) is 18.0 Å². The average molecular weight is 443 g/mol. The molecule has 0 fully saturated rings. The van der Waals surface area contributed by atoms with Gasteiger partial charge in [0.15, 0.2) is 0 Å². The van der Waals surface area contributed by atoms with Crippen LogP contribution >= 0.6 is 0 Å². The van der Waals surface area contributed by atoms with Gasteiger partial charge in [0.2, 0.25) is 0 Å². The number of nitrogens with zero attached hydrogens (tertiary/aromatic N) is 3. The van der Waals surface area contributed by atoms with E-state index in [1.807, 2.05) is 6.92 Å². The van der Waals surface area contributed by atoms with Crippen LogP contribution in [0, 0.1) is 12.3 Å². The molecule has 11 heteroatoms. The number of carbonyl (C=O) groups excluding carboxylic acids is 1. The number of rotatable bonds is 5. The number of pyridine rings is 3. The topological polar surface area (TPSA) is 130 Å². The monoisotopic (exact) mass is 443 g/mol. The van der Waals surface area contributed by atoms with Gasteiger partial charge in [-0.1, -0.05) is 6.07 Å². The van der Waals surface area contributed by atoms with Crippen LogP contribution in [0.2, 0.25) is 0 Å². The van der Waals surface area contributed by atoms with Crippen molar-refractivity contribution >= 4 is 23.2 Å². The SMILES string of the molecule is Cc1cc(C(=N)c2cnc(NC(=O)N[C@H](C)c3ccc(C(F)(F)F)nc3)cc2N)ccn1. The second kappa shape index (κ2) is 9.00. The highest BCUT2D eigenvalue weighted by Gasteiger charge is 2.32. The normalized spacial score (nSPS) is 12.2. The lowest BCUT2D eigenvalue weighted by atomic mass is 10.0. The summed E-state index contributed by atoms with van der Waals surface area (Å²) < 4.78 is 37.9. The fourth-order valence-electron chi connectivity index (χ4n) is 2.87. The number of hydrogen-bond acceptors (Lipinski definition) is 6. The van der Waals surface area contributed by atoms with Gasteiger partial charge in [0.05, 0.1) is 11.8 Å². The molecular formula is C21H20F3N7O. The molecule has 0 aromatic carbocycles. The first kappa shape index (κ1) is 22.7. The summed E-state index contributed by atoms with van der Waals surface area (Å²) in [5.41, 5.74) is 7.63. The number of hydrogen-bond donors (Lipinski definition) is 4. The van der Waals surface area contributed by atoms with Gasteiger partial charge in [-0.25, -0.2) is 9.78 Å². The lowest BCUT2D eigenvalue weighted by Gasteiger charge is -2.16. The summed E-state index contributed by atoms with van der Waals surface area (Å²) in [6, 6.07) is 5.72. The molecule has 3 aromatic rings. The van der Waals surface area contributed by atoms with E-state index in [0.717, 1.165) is 18.0 Å². The van der Waals surface area contributed by atoms with E-state index >= 15 is 0 Å². The van der Waals surface area contributed by atoms with Crippen LogP contribution < -0.4 is 16.4 Å². The standard InChI is InChI=1S/C21H20F3N7O/c1-11-7-13(5-6-27-11)19(26)15-10-29-18(8-16(15)25)31-20(32)30-12(2)14-3-4-17(28-9-14)21(22,23)24/h3-10,12,26H,1-2H3,(H4,25,29,30,31,32)/t12-/m1/s1. The number of anilines is 2. The van der Waals surface area contributed by atoms with Gasteiger partial charge in [0, 0.05) is 47.2 Å². The van der Waals surface area contributed by atoms with Gasteiger partial charge in [0.1, 0.15) is 11.5 Å². The van der Waals surface area contributed by atoms with Crippen molar-refractivity contribution in [2.24, 2.45) is 0 Å². The Morgan fingerprint density at radius 1 is 1.12 bits per heavy atom. The molecule has 1 atom stereocenters. The fourth-order valence-corrected chi connectivity index (χ4v) is 2.87. The Bertz CT molecular complexity index is 1150. The molecule has 8 nitrogen and oxygen atoms in total. The number of nitrogens with two attached hydrogens (primary N) is 1. The van der Waals surface area contributed by atoms with Crippen molar-refractivity contribution in [3.63, 3.8) is 0 Å². The summed E-state index contributed by atoms with van der Waals surface area (Å²) in [6.07, 6.45) is -0.495. The number of carbonyl (C=O) groups is 1. The maximum absolute atomic E-state index is 12.6.